The highest BCUT2D eigenvalue weighted by atomic mass is 79.9. The summed E-state index contributed by atoms with van der Waals surface area (Å²) in [5, 5.41) is 3.14. The predicted octanol–water partition coefficient (Wildman–Crippen LogP) is 2.81. The molecule has 0 spiro atoms. The summed E-state index contributed by atoms with van der Waals surface area (Å²) in [4.78, 5) is 15.3. The molecule has 1 aromatic carbocycles. The lowest BCUT2D eigenvalue weighted by atomic mass is 9.94. The van der Waals surface area contributed by atoms with Gasteiger partial charge in [0.1, 0.15) is 0 Å². The number of benzene rings is 1. The van der Waals surface area contributed by atoms with Crippen LogP contribution < -0.4 is 5.32 Å². The summed E-state index contributed by atoms with van der Waals surface area (Å²) in [7, 11) is 2.12. The average molecular weight is 343 g/mol. The van der Waals surface area contributed by atoms with Crippen LogP contribution in [0, 0.1) is 5.92 Å². The Kier molecular flexibility index (Phi) is 4.92. The molecule has 0 saturated carbocycles. The number of thiol groups is 1. The Balaban J connectivity index is 2.04. The topological polar surface area (TPSA) is 32.3 Å². The monoisotopic (exact) mass is 342 g/mol. The molecule has 5 heteroatoms. The van der Waals surface area contributed by atoms with Crippen LogP contribution >= 0.6 is 28.6 Å². The van der Waals surface area contributed by atoms with E-state index in [1.807, 2.05) is 12.1 Å². The first-order valence-electron chi connectivity index (χ1n) is 6.45. The number of halogens is 1. The van der Waals surface area contributed by atoms with E-state index in [1.165, 1.54) is 0 Å². The largest absolute Gasteiger partial charge is 0.349 e. The van der Waals surface area contributed by atoms with Crippen molar-refractivity contribution in [3.05, 3.63) is 28.2 Å². The molecule has 2 rings (SSSR count). The number of rotatable bonds is 2. The van der Waals surface area contributed by atoms with Crippen LogP contribution in [-0.4, -0.2) is 37.0 Å². The summed E-state index contributed by atoms with van der Waals surface area (Å²) in [5.41, 5.74) is 0.637. The van der Waals surface area contributed by atoms with Crippen LogP contribution in [0.15, 0.2) is 27.6 Å². The van der Waals surface area contributed by atoms with Crippen molar-refractivity contribution in [2.75, 3.05) is 20.1 Å². The number of amides is 1. The minimum absolute atomic E-state index is 0.0288. The molecule has 2 atom stereocenters. The van der Waals surface area contributed by atoms with E-state index in [1.54, 1.807) is 6.07 Å². The molecule has 1 heterocycles. The molecule has 1 amide bonds. The number of piperidine rings is 1. The summed E-state index contributed by atoms with van der Waals surface area (Å²) in [6.45, 7) is 4.24. The van der Waals surface area contributed by atoms with Gasteiger partial charge in [-0.05, 0) is 44.1 Å². The zero-order valence-corrected chi connectivity index (χ0v) is 13.7. The fraction of sp³-hybridized carbons (Fsp3) is 0.500. The molecule has 1 saturated heterocycles. The molecule has 0 aromatic heterocycles. The first kappa shape index (κ1) is 14.9. The van der Waals surface area contributed by atoms with Gasteiger partial charge in [-0.25, -0.2) is 0 Å². The standard InChI is InChI=1S/C14H19BrN2OS/c1-9-8-17(2)6-5-12(9)16-14(18)11-4-3-10(15)7-13(11)19/h3-4,7,9,12,19H,5-6,8H2,1-2H3,(H,16,18). The summed E-state index contributed by atoms with van der Waals surface area (Å²) < 4.78 is 0.932. The molecular weight excluding hydrogens is 324 g/mol. The van der Waals surface area contributed by atoms with Gasteiger partial charge in [-0.2, -0.15) is 0 Å². The summed E-state index contributed by atoms with van der Waals surface area (Å²) in [5.74, 6) is 0.445. The zero-order valence-electron chi connectivity index (χ0n) is 11.2. The molecular formula is C14H19BrN2OS. The Morgan fingerprint density at radius 2 is 2.26 bits per heavy atom. The van der Waals surface area contributed by atoms with E-state index in [2.05, 4.69) is 52.7 Å². The predicted molar refractivity (Wildman–Crippen MR) is 83.9 cm³/mol. The number of hydrogen-bond donors (Lipinski definition) is 2. The van der Waals surface area contributed by atoms with Gasteiger partial charge < -0.3 is 10.2 Å². The van der Waals surface area contributed by atoms with Gasteiger partial charge in [-0.3, -0.25) is 4.79 Å². The van der Waals surface area contributed by atoms with Crippen LogP contribution in [0.25, 0.3) is 0 Å². The first-order chi connectivity index (χ1) is 8.97. The smallest absolute Gasteiger partial charge is 0.252 e. The second kappa shape index (κ2) is 6.29. The number of likely N-dealkylation sites (tertiary alicyclic amines) is 1. The van der Waals surface area contributed by atoms with Crippen LogP contribution in [-0.2, 0) is 0 Å². The van der Waals surface area contributed by atoms with Crippen molar-refractivity contribution in [2.24, 2.45) is 5.92 Å². The number of carbonyl (C=O) groups is 1. The summed E-state index contributed by atoms with van der Waals surface area (Å²) in [6.07, 6.45) is 1.00. The quantitative estimate of drug-likeness (QED) is 0.810. The van der Waals surface area contributed by atoms with Gasteiger partial charge in [0.2, 0.25) is 0 Å². The number of nitrogens with zero attached hydrogens (tertiary/aromatic N) is 1. The van der Waals surface area contributed by atoms with Crippen molar-refractivity contribution in [1.29, 1.82) is 0 Å². The molecule has 1 aromatic rings. The summed E-state index contributed by atoms with van der Waals surface area (Å²) in [6, 6.07) is 5.77. The van der Waals surface area contributed by atoms with E-state index < -0.39 is 0 Å². The number of carbonyl (C=O) groups excluding carboxylic acids is 1. The Hall–Kier alpha value is -0.520. The maximum absolute atomic E-state index is 12.3. The maximum atomic E-state index is 12.3. The van der Waals surface area contributed by atoms with E-state index in [0.29, 0.717) is 16.4 Å². The van der Waals surface area contributed by atoms with E-state index in [9.17, 15) is 4.79 Å². The third-order valence-electron chi connectivity index (χ3n) is 3.63. The Bertz CT molecular complexity index is 481. The maximum Gasteiger partial charge on any atom is 0.252 e. The van der Waals surface area contributed by atoms with Crippen molar-refractivity contribution in [3.8, 4) is 0 Å². The number of nitrogens with one attached hydrogen (secondary N) is 1. The lowest BCUT2D eigenvalue weighted by molar-refractivity contribution is 0.0881. The highest BCUT2D eigenvalue weighted by Gasteiger charge is 2.26. The molecule has 1 aliphatic rings. The molecule has 104 valence electrons. The van der Waals surface area contributed by atoms with Gasteiger partial charge in [0.15, 0.2) is 0 Å². The van der Waals surface area contributed by atoms with Crippen LogP contribution in [0.4, 0.5) is 0 Å². The second-order valence-electron chi connectivity index (χ2n) is 5.27. The van der Waals surface area contributed by atoms with Crippen molar-refractivity contribution < 1.29 is 4.79 Å². The van der Waals surface area contributed by atoms with E-state index in [4.69, 9.17) is 0 Å². The van der Waals surface area contributed by atoms with E-state index >= 15 is 0 Å². The van der Waals surface area contributed by atoms with Crippen molar-refractivity contribution in [2.45, 2.75) is 24.3 Å². The minimum Gasteiger partial charge on any atom is -0.349 e. The van der Waals surface area contributed by atoms with Crippen molar-refractivity contribution in [3.63, 3.8) is 0 Å². The van der Waals surface area contributed by atoms with Crippen LogP contribution in [0.5, 0.6) is 0 Å². The van der Waals surface area contributed by atoms with E-state index in [0.717, 1.165) is 24.0 Å². The molecule has 3 nitrogen and oxygen atoms in total. The fourth-order valence-electron chi connectivity index (χ4n) is 2.51. The average Bonchev–Trinajstić information content (AvgIpc) is 2.32. The van der Waals surface area contributed by atoms with Gasteiger partial charge in [-0.1, -0.05) is 22.9 Å². The molecule has 1 N–H and O–H groups in total. The van der Waals surface area contributed by atoms with Gasteiger partial charge >= 0.3 is 0 Å². The molecule has 1 fully saturated rings. The molecule has 0 aliphatic carbocycles. The SMILES string of the molecule is CC1CN(C)CCC1NC(=O)c1ccc(Br)cc1S. The Morgan fingerprint density at radius 3 is 2.89 bits per heavy atom. The molecule has 2 unspecified atom stereocenters. The minimum atomic E-state index is -0.0288. The Labute approximate surface area is 128 Å². The first-order valence-corrected chi connectivity index (χ1v) is 7.69. The summed E-state index contributed by atoms with van der Waals surface area (Å²) >= 11 is 7.74. The number of hydrogen-bond acceptors (Lipinski definition) is 3. The van der Waals surface area contributed by atoms with Gasteiger partial charge in [0, 0.05) is 22.0 Å². The van der Waals surface area contributed by atoms with Gasteiger partial charge in [0.05, 0.1) is 5.56 Å². The molecule has 1 aliphatic heterocycles. The molecule has 19 heavy (non-hydrogen) atoms. The van der Waals surface area contributed by atoms with Crippen molar-refractivity contribution in [1.82, 2.24) is 10.2 Å². The fourth-order valence-corrected chi connectivity index (χ4v) is 3.36. The highest BCUT2D eigenvalue weighted by Crippen LogP contribution is 2.21. The van der Waals surface area contributed by atoms with Gasteiger partial charge in [-0.15, -0.1) is 12.6 Å². The third-order valence-corrected chi connectivity index (χ3v) is 4.49. The van der Waals surface area contributed by atoms with E-state index in [-0.39, 0.29) is 11.9 Å². The van der Waals surface area contributed by atoms with Gasteiger partial charge in [0.25, 0.3) is 5.91 Å². The van der Waals surface area contributed by atoms with Crippen LogP contribution in [0.3, 0.4) is 0 Å². The molecule has 0 bridgehead atoms. The lowest BCUT2D eigenvalue weighted by Crippen LogP contribution is -2.48. The third kappa shape index (κ3) is 3.74. The normalized spacial score (nSPS) is 24.2. The second-order valence-corrected chi connectivity index (χ2v) is 6.67. The van der Waals surface area contributed by atoms with Crippen LogP contribution in [0.2, 0.25) is 0 Å². The van der Waals surface area contributed by atoms with Crippen molar-refractivity contribution >= 4 is 34.5 Å². The van der Waals surface area contributed by atoms with Crippen LogP contribution in [0.1, 0.15) is 23.7 Å². The Morgan fingerprint density at radius 1 is 1.53 bits per heavy atom. The lowest BCUT2D eigenvalue weighted by Gasteiger charge is -2.35. The highest BCUT2D eigenvalue weighted by molar-refractivity contribution is 9.10. The molecule has 0 radical (unpaired) electrons. The zero-order chi connectivity index (χ0) is 14.0.